The molecule has 0 bridgehead atoms. The lowest BCUT2D eigenvalue weighted by Gasteiger charge is -2.34. The molecule has 0 aliphatic heterocycles. The average Bonchev–Trinajstić information content (AvgIpc) is 2.47. The van der Waals surface area contributed by atoms with Gasteiger partial charge < -0.3 is 15.7 Å². The molecule has 3 N–H and O–H groups in total. The van der Waals surface area contributed by atoms with Gasteiger partial charge in [-0.05, 0) is 18.0 Å². The Labute approximate surface area is 117 Å². The Balaban J connectivity index is 2.79. The summed E-state index contributed by atoms with van der Waals surface area (Å²) in [5.74, 6) is 0.637. The van der Waals surface area contributed by atoms with Crippen molar-refractivity contribution < 1.29 is 5.11 Å². The molecule has 0 fully saturated rings. The first-order valence-electron chi connectivity index (χ1n) is 7.26. The molecule has 1 aromatic rings. The van der Waals surface area contributed by atoms with Gasteiger partial charge in [0.25, 0.3) is 0 Å². The van der Waals surface area contributed by atoms with Crippen molar-refractivity contribution in [2.75, 3.05) is 26.2 Å². The number of nitrogens with two attached hydrogens (primary N) is 1. The Bertz CT molecular complexity index is 355. The number of benzene rings is 1. The van der Waals surface area contributed by atoms with E-state index in [4.69, 9.17) is 5.73 Å². The molecule has 0 aliphatic carbocycles. The van der Waals surface area contributed by atoms with E-state index in [0.29, 0.717) is 12.5 Å². The van der Waals surface area contributed by atoms with Gasteiger partial charge in [0.05, 0.1) is 0 Å². The fraction of sp³-hybridized carbons (Fsp3) is 0.625. The highest BCUT2D eigenvalue weighted by Crippen LogP contribution is 2.21. The fourth-order valence-electron chi connectivity index (χ4n) is 2.27. The summed E-state index contributed by atoms with van der Waals surface area (Å²) in [6.45, 7) is 9.34. The van der Waals surface area contributed by atoms with E-state index in [1.54, 1.807) is 0 Å². The van der Waals surface area contributed by atoms with E-state index in [1.807, 2.05) is 30.3 Å². The van der Waals surface area contributed by atoms with E-state index in [1.165, 1.54) is 0 Å². The van der Waals surface area contributed by atoms with Crippen LogP contribution >= 0.6 is 0 Å². The summed E-state index contributed by atoms with van der Waals surface area (Å²) in [7, 11) is 0. The molecule has 0 radical (unpaired) electrons. The van der Waals surface area contributed by atoms with Crippen molar-refractivity contribution in [3.63, 3.8) is 0 Å². The molecule has 3 nitrogen and oxygen atoms in total. The van der Waals surface area contributed by atoms with Gasteiger partial charge in [0.1, 0.15) is 5.60 Å². The molecule has 1 rings (SSSR count). The number of likely N-dealkylation sites (N-methyl/N-ethyl adjacent to an activating group) is 1. The van der Waals surface area contributed by atoms with E-state index < -0.39 is 5.60 Å². The van der Waals surface area contributed by atoms with Crippen LogP contribution in [0.4, 0.5) is 0 Å². The SMILES string of the molecule is CCC(C)CN(CC)CC(O)(CN)c1ccccc1. The molecule has 0 amide bonds. The number of aliphatic hydroxyl groups is 1. The number of hydrogen-bond acceptors (Lipinski definition) is 3. The Morgan fingerprint density at radius 3 is 2.37 bits per heavy atom. The van der Waals surface area contributed by atoms with Crippen LogP contribution in [0.3, 0.4) is 0 Å². The zero-order valence-corrected chi connectivity index (χ0v) is 12.5. The molecular weight excluding hydrogens is 236 g/mol. The van der Waals surface area contributed by atoms with Crippen LogP contribution in [-0.4, -0.2) is 36.2 Å². The third-order valence-electron chi connectivity index (χ3n) is 3.85. The summed E-state index contributed by atoms with van der Waals surface area (Å²) in [4.78, 5) is 2.29. The topological polar surface area (TPSA) is 49.5 Å². The van der Waals surface area contributed by atoms with Gasteiger partial charge in [0.15, 0.2) is 0 Å². The lowest BCUT2D eigenvalue weighted by atomic mass is 9.93. The third kappa shape index (κ3) is 4.60. The van der Waals surface area contributed by atoms with Gasteiger partial charge in [0, 0.05) is 19.6 Å². The molecule has 0 heterocycles. The van der Waals surface area contributed by atoms with Crippen LogP contribution in [0.1, 0.15) is 32.8 Å². The zero-order chi connectivity index (χ0) is 14.3. The van der Waals surface area contributed by atoms with E-state index in [2.05, 4.69) is 25.7 Å². The summed E-state index contributed by atoms with van der Waals surface area (Å²) >= 11 is 0. The smallest absolute Gasteiger partial charge is 0.114 e. The van der Waals surface area contributed by atoms with Crippen LogP contribution in [0.25, 0.3) is 0 Å². The minimum Gasteiger partial charge on any atom is -0.382 e. The second-order valence-corrected chi connectivity index (χ2v) is 5.44. The number of nitrogens with zero attached hydrogens (tertiary/aromatic N) is 1. The van der Waals surface area contributed by atoms with Crippen LogP contribution < -0.4 is 5.73 Å². The first-order valence-corrected chi connectivity index (χ1v) is 7.26. The minimum absolute atomic E-state index is 0.244. The minimum atomic E-state index is -0.954. The predicted molar refractivity (Wildman–Crippen MR) is 81.0 cm³/mol. The van der Waals surface area contributed by atoms with Crippen molar-refractivity contribution in [3.8, 4) is 0 Å². The molecule has 0 saturated carbocycles. The molecular formula is C16H28N2O. The first kappa shape index (κ1) is 16.2. The quantitative estimate of drug-likeness (QED) is 0.757. The lowest BCUT2D eigenvalue weighted by Crippen LogP contribution is -2.47. The monoisotopic (exact) mass is 264 g/mol. The zero-order valence-electron chi connectivity index (χ0n) is 12.5. The summed E-state index contributed by atoms with van der Waals surface area (Å²) < 4.78 is 0. The van der Waals surface area contributed by atoms with Crippen molar-refractivity contribution in [1.82, 2.24) is 4.90 Å². The predicted octanol–water partition coefficient (Wildman–Crippen LogP) is 2.20. The Morgan fingerprint density at radius 2 is 1.89 bits per heavy atom. The molecule has 0 aromatic heterocycles. The van der Waals surface area contributed by atoms with E-state index >= 15 is 0 Å². The molecule has 1 aromatic carbocycles. The van der Waals surface area contributed by atoms with Crippen molar-refractivity contribution in [2.24, 2.45) is 11.7 Å². The standard InChI is InChI=1S/C16H28N2O/c1-4-14(3)11-18(5-2)13-16(19,12-17)15-9-7-6-8-10-15/h6-10,14,19H,4-5,11-13,17H2,1-3H3. The summed E-state index contributed by atoms with van der Waals surface area (Å²) in [5, 5.41) is 10.8. The lowest BCUT2D eigenvalue weighted by molar-refractivity contribution is 0.00459. The molecule has 108 valence electrons. The fourth-order valence-corrected chi connectivity index (χ4v) is 2.27. The van der Waals surface area contributed by atoms with Crippen molar-refractivity contribution >= 4 is 0 Å². The number of rotatable bonds is 8. The third-order valence-corrected chi connectivity index (χ3v) is 3.85. The van der Waals surface area contributed by atoms with Gasteiger partial charge in [-0.3, -0.25) is 0 Å². The second-order valence-electron chi connectivity index (χ2n) is 5.44. The van der Waals surface area contributed by atoms with Gasteiger partial charge in [0.2, 0.25) is 0 Å². The molecule has 0 saturated heterocycles. The van der Waals surface area contributed by atoms with Crippen molar-refractivity contribution in [3.05, 3.63) is 35.9 Å². The second kappa shape index (κ2) is 7.63. The van der Waals surface area contributed by atoms with Crippen LogP contribution in [0.2, 0.25) is 0 Å². The van der Waals surface area contributed by atoms with Gasteiger partial charge in [-0.25, -0.2) is 0 Å². The number of hydrogen-bond donors (Lipinski definition) is 2. The van der Waals surface area contributed by atoms with Crippen LogP contribution in [0.5, 0.6) is 0 Å². The largest absolute Gasteiger partial charge is 0.382 e. The first-order chi connectivity index (χ1) is 9.05. The Kier molecular flexibility index (Phi) is 6.49. The summed E-state index contributed by atoms with van der Waals surface area (Å²) in [6.07, 6.45) is 1.16. The highest BCUT2D eigenvalue weighted by Gasteiger charge is 2.29. The molecule has 2 atom stereocenters. The van der Waals surface area contributed by atoms with Crippen molar-refractivity contribution in [1.29, 1.82) is 0 Å². The molecule has 19 heavy (non-hydrogen) atoms. The van der Waals surface area contributed by atoms with E-state index in [-0.39, 0.29) is 6.54 Å². The maximum Gasteiger partial charge on any atom is 0.114 e. The van der Waals surface area contributed by atoms with Gasteiger partial charge in [-0.2, -0.15) is 0 Å². The molecule has 0 aliphatic rings. The van der Waals surface area contributed by atoms with Crippen LogP contribution in [0, 0.1) is 5.92 Å². The average molecular weight is 264 g/mol. The van der Waals surface area contributed by atoms with Crippen molar-refractivity contribution in [2.45, 2.75) is 32.8 Å². The Hall–Kier alpha value is -0.900. The maximum atomic E-state index is 10.8. The van der Waals surface area contributed by atoms with Gasteiger partial charge in [-0.15, -0.1) is 0 Å². The highest BCUT2D eigenvalue weighted by molar-refractivity contribution is 5.23. The molecule has 2 unspecified atom stereocenters. The molecule has 0 spiro atoms. The van der Waals surface area contributed by atoms with Gasteiger partial charge >= 0.3 is 0 Å². The summed E-state index contributed by atoms with van der Waals surface area (Å²) in [6, 6.07) is 9.74. The molecule has 3 heteroatoms. The highest BCUT2D eigenvalue weighted by atomic mass is 16.3. The van der Waals surface area contributed by atoms with Crippen LogP contribution in [-0.2, 0) is 5.60 Å². The normalized spacial score (nSPS) is 16.3. The Morgan fingerprint density at radius 1 is 1.26 bits per heavy atom. The van der Waals surface area contributed by atoms with Crippen LogP contribution in [0.15, 0.2) is 30.3 Å². The van der Waals surface area contributed by atoms with Gasteiger partial charge in [-0.1, -0.05) is 57.5 Å². The maximum absolute atomic E-state index is 10.8. The van der Waals surface area contributed by atoms with E-state index in [9.17, 15) is 5.11 Å². The summed E-state index contributed by atoms with van der Waals surface area (Å²) in [5.41, 5.74) is 5.78. The van der Waals surface area contributed by atoms with E-state index in [0.717, 1.165) is 25.1 Å².